The minimum atomic E-state index is 0.890. The third-order valence-corrected chi connectivity index (χ3v) is 5.68. The summed E-state index contributed by atoms with van der Waals surface area (Å²) in [4.78, 5) is 21.1. The molecule has 6 heterocycles. The minimum Gasteiger partial charge on any atom is -0.355 e. The summed E-state index contributed by atoms with van der Waals surface area (Å²) in [5.41, 5.74) is 10.9. The fourth-order valence-electron chi connectivity index (χ4n) is 4.07. The second kappa shape index (κ2) is 7.46. The molecule has 2 aliphatic heterocycles. The topological polar surface area (TPSA) is 70.2 Å². The van der Waals surface area contributed by atoms with Crippen LogP contribution in [0.1, 0.15) is 35.3 Å². The molecule has 0 spiro atoms. The zero-order chi connectivity index (χ0) is 21.5. The van der Waals surface area contributed by atoms with Gasteiger partial charge in [0.2, 0.25) is 0 Å². The number of nitrogens with zero attached hydrogens (tertiary/aromatic N) is 3. The fraction of sp³-hybridized carbons (Fsp3) is 0.0741. The lowest BCUT2D eigenvalue weighted by Gasteiger charge is -2.01. The molecular formula is C27H21N5. The molecule has 0 atom stereocenters. The molecule has 0 fully saturated rings. The Hall–Kier alpha value is -4.25. The number of aromatic amines is 2. The average Bonchev–Trinajstić information content (AvgIpc) is 3.59. The van der Waals surface area contributed by atoms with Gasteiger partial charge in [-0.25, -0.2) is 9.97 Å². The molecule has 0 aromatic carbocycles. The molecule has 4 aromatic heterocycles. The van der Waals surface area contributed by atoms with Crippen LogP contribution in [0, 0.1) is 0 Å². The molecule has 2 aliphatic rings. The van der Waals surface area contributed by atoms with Crippen molar-refractivity contribution in [2.45, 2.75) is 13.3 Å². The van der Waals surface area contributed by atoms with E-state index in [0.29, 0.717) is 0 Å². The maximum atomic E-state index is 4.77. The number of aromatic nitrogens is 5. The molecule has 0 saturated carbocycles. The van der Waals surface area contributed by atoms with Crippen LogP contribution in [0.15, 0.2) is 60.8 Å². The number of H-pyrrole nitrogens is 2. The molecule has 8 bridgehead atoms. The highest BCUT2D eigenvalue weighted by Gasteiger charge is 2.08. The van der Waals surface area contributed by atoms with Gasteiger partial charge in [0.05, 0.1) is 34.0 Å². The third-order valence-electron chi connectivity index (χ3n) is 5.68. The first-order valence-corrected chi connectivity index (χ1v) is 10.8. The summed E-state index contributed by atoms with van der Waals surface area (Å²) >= 11 is 0. The Balaban J connectivity index is 1.66. The zero-order valence-corrected chi connectivity index (χ0v) is 17.6. The molecule has 0 radical (unpaired) electrons. The second-order valence-electron chi connectivity index (χ2n) is 7.99. The predicted octanol–water partition coefficient (Wildman–Crippen LogP) is 6.28. The van der Waals surface area contributed by atoms with E-state index in [-0.39, 0.29) is 0 Å². The van der Waals surface area contributed by atoms with Crippen LogP contribution in [0.25, 0.3) is 57.6 Å². The van der Waals surface area contributed by atoms with Gasteiger partial charge in [0.25, 0.3) is 0 Å². The van der Waals surface area contributed by atoms with Crippen LogP contribution >= 0.6 is 0 Å². The molecule has 32 heavy (non-hydrogen) atoms. The van der Waals surface area contributed by atoms with Gasteiger partial charge in [-0.2, -0.15) is 0 Å². The van der Waals surface area contributed by atoms with E-state index in [2.05, 4.69) is 69.3 Å². The van der Waals surface area contributed by atoms with Crippen LogP contribution in [-0.2, 0) is 6.42 Å². The van der Waals surface area contributed by atoms with Crippen molar-refractivity contribution < 1.29 is 0 Å². The number of aryl methyl sites for hydroxylation is 1. The van der Waals surface area contributed by atoms with Gasteiger partial charge in [-0.05, 0) is 90.9 Å². The highest BCUT2D eigenvalue weighted by molar-refractivity contribution is 5.86. The number of nitrogens with one attached hydrogen (secondary N) is 2. The summed E-state index contributed by atoms with van der Waals surface area (Å²) in [5.74, 6) is 0. The summed E-state index contributed by atoms with van der Waals surface area (Å²) in [6.07, 6.45) is 10.9. The fourth-order valence-corrected chi connectivity index (χ4v) is 4.07. The van der Waals surface area contributed by atoms with Crippen LogP contribution in [-0.4, -0.2) is 24.9 Å². The van der Waals surface area contributed by atoms with E-state index in [1.54, 1.807) is 0 Å². The van der Waals surface area contributed by atoms with Crippen LogP contribution in [0.5, 0.6) is 0 Å². The van der Waals surface area contributed by atoms with Crippen molar-refractivity contribution in [2.75, 3.05) is 0 Å². The molecule has 0 saturated heterocycles. The quantitative estimate of drug-likeness (QED) is 0.350. The first-order valence-electron chi connectivity index (χ1n) is 10.8. The highest BCUT2D eigenvalue weighted by atomic mass is 14.8. The van der Waals surface area contributed by atoms with E-state index >= 15 is 0 Å². The van der Waals surface area contributed by atoms with Crippen molar-refractivity contribution >= 4 is 46.4 Å². The van der Waals surface area contributed by atoms with Gasteiger partial charge in [-0.1, -0.05) is 6.92 Å². The molecule has 0 unspecified atom stereocenters. The molecule has 2 N–H and O–H groups in total. The zero-order valence-electron chi connectivity index (χ0n) is 17.6. The number of hydrogen-bond acceptors (Lipinski definition) is 3. The van der Waals surface area contributed by atoms with Gasteiger partial charge in [0.15, 0.2) is 0 Å². The van der Waals surface area contributed by atoms with Crippen LogP contribution in [0.4, 0.5) is 0 Å². The highest BCUT2D eigenvalue weighted by Crippen LogP contribution is 2.27. The molecule has 6 rings (SSSR count). The first-order chi connectivity index (χ1) is 15.7. The van der Waals surface area contributed by atoms with Crippen LogP contribution in [0.3, 0.4) is 0 Å². The van der Waals surface area contributed by atoms with Crippen LogP contribution < -0.4 is 0 Å². The SMILES string of the molecule is CCc1ccnc(-c2cc3cc4ccc(cc5nc(cc6nc(cc2[nH]3)C=C6)C=C5)[nH]4)c1. The molecule has 4 aromatic rings. The standard InChI is InChI=1S/C27H21N5/c1-2-17-9-10-28-26(11-17)25-15-24-14-22-6-5-20(30-22)12-18-3-4-19(29-18)13-21-7-8-23(31-21)16-27(25)32-24/h3-16,30,32H,2H2,1H3. The summed E-state index contributed by atoms with van der Waals surface area (Å²) < 4.78 is 0. The smallest absolute Gasteiger partial charge is 0.0726 e. The molecule has 0 aliphatic carbocycles. The van der Waals surface area contributed by atoms with Crippen LogP contribution in [0.2, 0.25) is 0 Å². The Bertz CT molecular complexity index is 1570. The Morgan fingerprint density at radius 2 is 1.34 bits per heavy atom. The molecular weight excluding hydrogens is 394 g/mol. The summed E-state index contributed by atoms with van der Waals surface area (Å²) in [5, 5.41) is 0. The van der Waals surface area contributed by atoms with Crippen molar-refractivity contribution in [3.63, 3.8) is 0 Å². The predicted molar refractivity (Wildman–Crippen MR) is 131 cm³/mol. The normalized spacial score (nSPS) is 12.4. The van der Waals surface area contributed by atoms with E-state index in [0.717, 1.165) is 62.5 Å². The molecule has 0 amide bonds. The number of rotatable bonds is 2. The Kier molecular flexibility index (Phi) is 4.32. The number of pyridine rings is 1. The second-order valence-corrected chi connectivity index (χ2v) is 7.99. The van der Waals surface area contributed by atoms with Crippen molar-refractivity contribution in [1.29, 1.82) is 0 Å². The average molecular weight is 416 g/mol. The van der Waals surface area contributed by atoms with E-state index in [1.165, 1.54) is 5.56 Å². The van der Waals surface area contributed by atoms with Gasteiger partial charge in [0, 0.05) is 28.3 Å². The van der Waals surface area contributed by atoms with Crippen molar-refractivity contribution in [2.24, 2.45) is 0 Å². The maximum Gasteiger partial charge on any atom is 0.0726 e. The van der Waals surface area contributed by atoms with Gasteiger partial charge < -0.3 is 9.97 Å². The lowest BCUT2D eigenvalue weighted by molar-refractivity contribution is 1.12. The van der Waals surface area contributed by atoms with E-state index in [1.807, 2.05) is 42.6 Å². The van der Waals surface area contributed by atoms with Gasteiger partial charge >= 0.3 is 0 Å². The van der Waals surface area contributed by atoms with E-state index in [9.17, 15) is 0 Å². The maximum absolute atomic E-state index is 4.77. The summed E-state index contributed by atoms with van der Waals surface area (Å²) in [6.45, 7) is 2.16. The molecule has 154 valence electrons. The lowest BCUT2D eigenvalue weighted by Crippen LogP contribution is -1.86. The largest absolute Gasteiger partial charge is 0.355 e. The monoisotopic (exact) mass is 415 g/mol. The van der Waals surface area contributed by atoms with Crippen molar-refractivity contribution in [1.82, 2.24) is 24.9 Å². The van der Waals surface area contributed by atoms with Gasteiger partial charge in [0.1, 0.15) is 0 Å². The Morgan fingerprint density at radius 1 is 0.656 bits per heavy atom. The minimum absolute atomic E-state index is 0.890. The Labute approximate surface area is 185 Å². The number of hydrogen-bond donors (Lipinski definition) is 2. The molecule has 5 heteroatoms. The number of fused-ring (bicyclic) bond motifs is 8. The van der Waals surface area contributed by atoms with Gasteiger partial charge in [-0.15, -0.1) is 0 Å². The lowest BCUT2D eigenvalue weighted by atomic mass is 10.1. The third kappa shape index (κ3) is 3.54. The van der Waals surface area contributed by atoms with Gasteiger partial charge in [-0.3, -0.25) is 4.98 Å². The van der Waals surface area contributed by atoms with E-state index in [4.69, 9.17) is 4.98 Å². The summed E-state index contributed by atoms with van der Waals surface area (Å²) in [6, 6.07) is 18.7. The van der Waals surface area contributed by atoms with Crippen molar-refractivity contribution in [3.05, 3.63) is 89.1 Å². The summed E-state index contributed by atoms with van der Waals surface area (Å²) in [7, 11) is 0. The van der Waals surface area contributed by atoms with E-state index < -0.39 is 0 Å². The first kappa shape index (κ1) is 18.5. The Morgan fingerprint density at radius 3 is 2.09 bits per heavy atom. The van der Waals surface area contributed by atoms with Crippen molar-refractivity contribution in [3.8, 4) is 11.3 Å². The molecule has 5 nitrogen and oxygen atoms in total.